The molecule has 0 radical (unpaired) electrons. The minimum atomic E-state index is -0.638. The van der Waals surface area contributed by atoms with Gasteiger partial charge in [-0.2, -0.15) is 0 Å². The summed E-state index contributed by atoms with van der Waals surface area (Å²) in [6, 6.07) is 20.0. The summed E-state index contributed by atoms with van der Waals surface area (Å²) < 4.78 is 148. The third-order valence-electron chi connectivity index (χ3n) is 9.16. The van der Waals surface area contributed by atoms with Crippen LogP contribution in [0.4, 0.5) is 0 Å². The van der Waals surface area contributed by atoms with Crippen LogP contribution in [0.5, 0.6) is 0 Å². The first kappa shape index (κ1) is 17.3. The highest BCUT2D eigenvalue weighted by Gasteiger charge is 2.21. The molecule has 1 aromatic heterocycles. The minimum absolute atomic E-state index is 0.00501. The van der Waals surface area contributed by atoms with E-state index in [1.807, 2.05) is 24.3 Å². The topological polar surface area (TPSA) is 13.1 Å². The molecule has 0 aliphatic heterocycles. The summed E-state index contributed by atoms with van der Waals surface area (Å²) in [4.78, 5) is 0. The van der Waals surface area contributed by atoms with Crippen molar-refractivity contribution in [3.63, 3.8) is 0 Å². The summed E-state index contributed by atoms with van der Waals surface area (Å²) in [5.41, 5.74) is 1.64. The molecule has 1 nitrogen and oxygen atoms in total. The van der Waals surface area contributed by atoms with Crippen LogP contribution in [0, 0.1) is 0 Å². The second-order valence-electron chi connectivity index (χ2n) is 12.0. The van der Waals surface area contributed by atoms with E-state index < -0.39 is 72.5 Å². The molecule has 10 aromatic rings. The Morgan fingerprint density at radius 1 is 0.353 bits per heavy atom. The van der Waals surface area contributed by atoms with Crippen LogP contribution >= 0.6 is 0 Å². The fraction of sp³-hybridized carbons (Fsp3) is 0. The third kappa shape index (κ3) is 4.86. The normalized spacial score (nSPS) is 15.9. The Balaban J connectivity index is 1.34. The summed E-state index contributed by atoms with van der Waals surface area (Å²) in [5.74, 6) is 0. The molecule has 9 aromatic carbocycles. The molecule has 0 saturated carbocycles. The molecule has 1 heterocycles. The zero-order chi connectivity index (χ0) is 47.7. The SMILES string of the molecule is [2H]c1c([2H])c([2H])c(-c2ccc(-c3c4ccccc4c(-c4c([2H])c([2H])c([2H])c5oc6c([2H])c(-c7ccccc7)c([2H])c([2H])c6c45)c4ccccc34)cc2-c2c([2H])c([2H])c([2H])c([2H])c2[2H])c([2H])c1[2H]. The van der Waals surface area contributed by atoms with Crippen molar-refractivity contribution in [3.05, 3.63) is 194 Å². The lowest BCUT2D eigenvalue weighted by Gasteiger charge is -2.19. The van der Waals surface area contributed by atoms with E-state index in [0.717, 1.165) is 0 Å². The molecule has 0 aliphatic carbocycles. The van der Waals surface area contributed by atoms with E-state index in [2.05, 4.69) is 0 Å². The maximum atomic E-state index is 9.54. The molecule has 0 atom stereocenters. The maximum absolute atomic E-state index is 9.54. The largest absolute Gasteiger partial charge is 0.456 e. The first-order valence-corrected chi connectivity index (χ1v) is 16.2. The van der Waals surface area contributed by atoms with Crippen LogP contribution in [-0.4, -0.2) is 0 Å². The lowest BCUT2D eigenvalue weighted by atomic mass is 9.83. The fourth-order valence-corrected chi connectivity index (χ4v) is 6.99. The van der Waals surface area contributed by atoms with Gasteiger partial charge in [0.2, 0.25) is 0 Å². The van der Waals surface area contributed by atoms with Gasteiger partial charge in [0.15, 0.2) is 0 Å². The Morgan fingerprint density at radius 2 is 0.961 bits per heavy atom. The van der Waals surface area contributed by atoms with E-state index in [1.54, 1.807) is 66.7 Å². The van der Waals surface area contributed by atoms with E-state index in [1.165, 1.54) is 6.07 Å². The summed E-state index contributed by atoms with van der Waals surface area (Å²) in [6.07, 6.45) is 0. The van der Waals surface area contributed by atoms with Crippen molar-refractivity contribution in [3.8, 4) is 55.6 Å². The van der Waals surface area contributed by atoms with Gasteiger partial charge in [0.1, 0.15) is 11.2 Å². The molecule has 0 spiro atoms. The van der Waals surface area contributed by atoms with Crippen LogP contribution < -0.4 is 0 Å². The van der Waals surface area contributed by atoms with Crippen molar-refractivity contribution in [1.29, 1.82) is 0 Å². The zero-order valence-electron chi connectivity index (χ0n) is 42.6. The first-order chi connectivity index (χ1) is 32.0. The van der Waals surface area contributed by atoms with Gasteiger partial charge in [-0.15, -0.1) is 0 Å². The van der Waals surface area contributed by atoms with Gasteiger partial charge >= 0.3 is 0 Å². The second kappa shape index (κ2) is 12.0. The van der Waals surface area contributed by atoms with Gasteiger partial charge in [0, 0.05) is 10.8 Å². The molecule has 0 N–H and O–H groups in total. The number of fused-ring (bicyclic) bond motifs is 5. The molecule has 238 valence electrons. The lowest BCUT2D eigenvalue weighted by Crippen LogP contribution is -1.93. The lowest BCUT2D eigenvalue weighted by molar-refractivity contribution is 0.669. The van der Waals surface area contributed by atoms with Gasteiger partial charge in [0.25, 0.3) is 0 Å². The number of rotatable bonds is 5. The van der Waals surface area contributed by atoms with Gasteiger partial charge < -0.3 is 4.42 Å². The first-order valence-electron chi connectivity index (χ1n) is 24.2. The predicted octanol–water partition coefficient (Wildman–Crippen LogP) is 14.2. The smallest absolute Gasteiger partial charge is 0.136 e. The Labute approximate surface area is 319 Å². The average molecular weight is 665 g/mol. The molecule has 0 amide bonds. The Bertz CT molecular complexity index is 3710. The van der Waals surface area contributed by atoms with Crippen molar-refractivity contribution in [2.24, 2.45) is 0 Å². The second-order valence-corrected chi connectivity index (χ2v) is 12.0. The predicted molar refractivity (Wildman–Crippen MR) is 216 cm³/mol. The van der Waals surface area contributed by atoms with E-state index in [-0.39, 0.29) is 79.5 Å². The van der Waals surface area contributed by atoms with E-state index >= 15 is 0 Å². The van der Waals surface area contributed by atoms with Crippen molar-refractivity contribution < 1.29 is 26.3 Å². The number of hydrogen-bond acceptors (Lipinski definition) is 1. The van der Waals surface area contributed by atoms with E-state index in [9.17, 15) is 4.11 Å². The average Bonchev–Trinajstić information content (AvgIpc) is 3.74. The summed E-state index contributed by atoms with van der Waals surface area (Å²) in [7, 11) is 0. The molecule has 0 saturated heterocycles. The number of benzene rings is 9. The van der Waals surface area contributed by atoms with Gasteiger partial charge in [-0.25, -0.2) is 0 Å². The van der Waals surface area contributed by atoms with Gasteiger partial charge in [-0.1, -0.05) is 170 Å². The highest BCUT2D eigenvalue weighted by molar-refractivity contribution is 6.25. The van der Waals surface area contributed by atoms with Gasteiger partial charge in [0.05, 0.1) is 21.9 Å². The molecule has 0 fully saturated rings. The molecule has 1 heteroatoms. The van der Waals surface area contributed by atoms with Crippen molar-refractivity contribution in [1.82, 2.24) is 0 Å². The van der Waals surface area contributed by atoms with Crippen LogP contribution in [0.2, 0.25) is 0 Å². The third-order valence-corrected chi connectivity index (χ3v) is 9.16. The molecule has 51 heavy (non-hydrogen) atoms. The van der Waals surface area contributed by atoms with Gasteiger partial charge in [-0.3, -0.25) is 0 Å². The minimum Gasteiger partial charge on any atom is -0.456 e. The molecule has 0 bridgehead atoms. The maximum Gasteiger partial charge on any atom is 0.136 e. The van der Waals surface area contributed by atoms with Crippen molar-refractivity contribution >= 4 is 43.5 Å². The highest BCUT2D eigenvalue weighted by atomic mass is 16.3. The zero-order valence-corrected chi connectivity index (χ0v) is 26.6. The van der Waals surface area contributed by atoms with E-state index in [0.29, 0.717) is 43.8 Å². The molecular formula is C50H32O. The Morgan fingerprint density at radius 3 is 1.63 bits per heavy atom. The monoisotopic (exact) mass is 664 g/mol. The van der Waals surface area contributed by atoms with Crippen LogP contribution in [0.3, 0.4) is 0 Å². The summed E-state index contributed by atoms with van der Waals surface area (Å²) >= 11 is 0. The standard InChI is InChI=1S/C50H32O/c1-4-15-33(16-5-1)36-27-30-43-47(32-36)51-46-26-14-25-44(50(43)46)49-41-23-12-10-21-39(41)48(40-22-11-13-24-42(40)49)37-28-29-38(34-17-6-2-7-18-34)45(31-37)35-19-8-3-9-20-35/h1-32H/i2D,3D,6D,7D,8D,9D,14D,17D,18D,19D,20D,25D,26D,27D,30D,32D. The fourth-order valence-electron chi connectivity index (χ4n) is 6.99. The van der Waals surface area contributed by atoms with Crippen molar-refractivity contribution in [2.45, 2.75) is 0 Å². The van der Waals surface area contributed by atoms with Crippen LogP contribution in [0.1, 0.15) is 21.9 Å². The molecular weight excluding hydrogens is 617 g/mol. The Kier molecular flexibility index (Phi) is 4.07. The number of hydrogen-bond donors (Lipinski definition) is 0. The van der Waals surface area contributed by atoms with Crippen LogP contribution in [-0.2, 0) is 0 Å². The van der Waals surface area contributed by atoms with Gasteiger partial charge in [-0.05, 0) is 101 Å². The summed E-state index contributed by atoms with van der Waals surface area (Å²) in [6.45, 7) is 0. The summed E-state index contributed by atoms with van der Waals surface area (Å²) in [5, 5.41) is 2.43. The van der Waals surface area contributed by atoms with Crippen LogP contribution in [0.25, 0.3) is 99.1 Å². The van der Waals surface area contributed by atoms with E-state index in [4.69, 9.17) is 22.2 Å². The molecule has 0 aliphatic rings. The molecule has 10 rings (SSSR count). The number of furan rings is 1. The molecule has 0 unspecified atom stereocenters. The Hall–Kier alpha value is -6.70. The quantitative estimate of drug-likeness (QED) is 0.167. The highest BCUT2D eigenvalue weighted by Crippen LogP contribution is 2.48. The van der Waals surface area contributed by atoms with Crippen LogP contribution in [0.15, 0.2) is 198 Å². The van der Waals surface area contributed by atoms with Crippen molar-refractivity contribution in [2.75, 3.05) is 0 Å².